The number of hydrogen-bond acceptors (Lipinski definition) is 3. The standard InChI is InChI=1S/C15H23FN2O2S/c1-12(10-13-5-7-14(16)8-6-13)18-21(19,20)11-15-4-2-3-9-17-15/h5-8,12,15,17-18H,2-4,9-11H2,1H3. The van der Waals surface area contributed by atoms with Crippen molar-refractivity contribution in [1.82, 2.24) is 10.0 Å². The fourth-order valence-corrected chi connectivity index (χ4v) is 4.31. The molecule has 2 unspecified atom stereocenters. The molecule has 1 aliphatic heterocycles. The topological polar surface area (TPSA) is 58.2 Å². The molecule has 0 aromatic heterocycles. The number of hydrogen-bond donors (Lipinski definition) is 2. The Labute approximate surface area is 126 Å². The number of nitrogens with one attached hydrogen (secondary N) is 2. The minimum Gasteiger partial charge on any atom is -0.313 e. The lowest BCUT2D eigenvalue weighted by atomic mass is 10.1. The van der Waals surface area contributed by atoms with Crippen molar-refractivity contribution in [2.75, 3.05) is 12.3 Å². The molecule has 1 aromatic carbocycles. The van der Waals surface area contributed by atoms with Gasteiger partial charge in [-0.25, -0.2) is 17.5 Å². The van der Waals surface area contributed by atoms with Crippen LogP contribution in [-0.2, 0) is 16.4 Å². The first kappa shape index (κ1) is 16.4. The molecule has 1 aliphatic rings. The normalized spacial score (nSPS) is 21.1. The van der Waals surface area contributed by atoms with Crippen LogP contribution in [0.3, 0.4) is 0 Å². The number of piperidine rings is 1. The molecule has 0 spiro atoms. The van der Waals surface area contributed by atoms with Crippen LogP contribution in [0.5, 0.6) is 0 Å². The highest BCUT2D eigenvalue weighted by Crippen LogP contribution is 2.10. The largest absolute Gasteiger partial charge is 0.313 e. The molecule has 0 aliphatic carbocycles. The van der Waals surface area contributed by atoms with Gasteiger partial charge >= 0.3 is 0 Å². The van der Waals surface area contributed by atoms with Crippen molar-refractivity contribution in [3.05, 3.63) is 35.6 Å². The molecule has 1 saturated heterocycles. The smallest absolute Gasteiger partial charge is 0.213 e. The van der Waals surface area contributed by atoms with E-state index in [-0.39, 0.29) is 23.7 Å². The first-order valence-electron chi connectivity index (χ1n) is 7.42. The van der Waals surface area contributed by atoms with Gasteiger partial charge in [-0.3, -0.25) is 0 Å². The van der Waals surface area contributed by atoms with E-state index in [1.54, 1.807) is 12.1 Å². The van der Waals surface area contributed by atoms with Gasteiger partial charge in [0.1, 0.15) is 5.82 Å². The third kappa shape index (κ3) is 5.73. The van der Waals surface area contributed by atoms with Crippen LogP contribution in [0.4, 0.5) is 4.39 Å². The van der Waals surface area contributed by atoms with Crippen LogP contribution in [0.2, 0.25) is 0 Å². The molecular weight excluding hydrogens is 291 g/mol. The quantitative estimate of drug-likeness (QED) is 0.842. The van der Waals surface area contributed by atoms with E-state index in [1.165, 1.54) is 12.1 Å². The van der Waals surface area contributed by atoms with E-state index < -0.39 is 10.0 Å². The van der Waals surface area contributed by atoms with E-state index in [0.29, 0.717) is 6.42 Å². The van der Waals surface area contributed by atoms with Crippen LogP contribution >= 0.6 is 0 Å². The molecule has 118 valence electrons. The number of halogens is 1. The minimum atomic E-state index is -3.30. The van der Waals surface area contributed by atoms with Crippen molar-refractivity contribution in [3.63, 3.8) is 0 Å². The molecule has 21 heavy (non-hydrogen) atoms. The van der Waals surface area contributed by atoms with Gasteiger partial charge in [0.15, 0.2) is 0 Å². The lowest BCUT2D eigenvalue weighted by molar-refractivity contribution is 0.421. The second-order valence-electron chi connectivity index (χ2n) is 5.78. The van der Waals surface area contributed by atoms with E-state index in [4.69, 9.17) is 0 Å². The average molecular weight is 314 g/mol. The van der Waals surface area contributed by atoms with Crippen LogP contribution in [0, 0.1) is 5.82 Å². The van der Waals surface area contributed by atoms with Crippen molar-refractivity contribution in [1.29, 1.82) is 0 Å². The summed E-state index contributed by atoms with van der Waals surface area (Å²) in [5.41, 5.74) is 0.919. The molecule has 0 bridgehead atoms. The van der Waals surface area contributed by atoms with Crippen molar-refractivity contribution in [3.8, 4) is 0 Å². The van der Waals surface area contributed by atoms with Crippen LogP contribution in [-0.4, -0.2) is 32.8 Å². The lowest BCUT2D eigenvalue weighted by Gasteiger charge is -2.24. The van der Waals surface area contributed by atoms with E-state index in [0.717, 1.165) is 31.4 Å². The molecular formula is C15H23FN2O2S. The fraction of sp³-hybridized carbons (Fsp3) is 0.600. The van der Waals surface area contributed by atoms with Gasteiger partial charge in [0.25, 0.3) is 0 Å². The highest BCUT2D eigenvalue weighted by molar-refractivity contribution is 7.89. The zero-order chi connectivity index (χ0) is 15.3. The molecule has 0 amide bonds. The van der Waals surface area contributed by atoms with E-state index in [1.807, 2.05) is 6.92 Å². The predicted octanol–water partition coefficient (Wildman–Crippen LogP) is 1.82. The van der Waals surface area contributed by atoms with E-state index in [2.05, 4.69) is 10.0 Å². The van der Waals surface area contributed by atoms with Crippen LogP contribution in [0.1, 0.15) is 31.7 Å². The minimum absolute atomic E-state index is 0.0503. The molecule has 4 nitrogen and oxygen atoms in total. The third-order valence-electron chi connectivity index (χ3n) is 3.67. The molecule has 0 radical (unpaired) electrons. The highest BCUT2D eigenvalue weighted by Gasteiger charge is 2.22. The summed E-state index contributed by atoms with van der Waals surface area (Å²) in [6.45, 7) is 2.72. The summed E-state index contributed by atoms with van der Waals surface area (Å²) in [5.74, 6) is -0.156. The SMILES string of the molecule is CC(Cc1ccc(F)cc1)NS(=O)(=O)CC1CCCCN1. The summed E-state index contributed by atoms with van der Waals surface area (Å²) >= 11 is 0. The Morgan fingerprint density at radius 3 is 2.67 bits per heavy atom. The molecule has 1 heterocycles. The van der Waals surface area contributed by atoms with Gasteiger partial charge in [0.2, 0.25) is 10.0 Å². The molecule has 0 saturated carbocycles. The zero-order valence-corrected chi connectivity index (χ0v) is 13.1. The van der Waals surface area contributed by atoms with E-state index in [9.17, 15) is 12.8 Å². The van der Waals surface area contributed by atoms with Crippen molar-refractivity contribution in [2.45, 2.75) is 44.7 Å². The Balaban J connectivity index is 1.85. The van der Waals surface area contributed by atoms with Crippen LogP contribution < -0.4 is 10.0 Å². The average Bonchev–Trinajstić information content (AvgIpc) is 2.41. The Morgan fingerprint density at radius 2 is 2.05 bits per heavy atom. The van der Waals surface area contributed by atoms with Gasteiger partial charge in [-0.2, -0.15) is 0 Å². The summed E-state index contributed by atoms with van der Waals surface area (Å²) in [4.78, 5) is 0. The molecule has 2 rings (SSSR count). The third-order valence-corrected chi connectivity index (χ3v) is 5.27. The Morgan fingerprint density at radius 1 is 1.33 bits per heavy atom. The van der Waals surface area contributed by atoms with Gasteiger partial charge < -0.3 is 5.32 Å². The molecule has 1 aromatic rings. The van der Waals surface area contributed by atoms with Crippen molar-refractivity contribution in [2.24, 2.45) is 0 Å². The molecule has 1 fully saturated rings. The maximum Gasteiger partial charge on any atom is 0.213 e. The molecule has 2 atom stereocenters. The number of rotatable bonds is 6. The van der Waals surface area contributed by atoms with Gasteiger partial charge in [-0.1, -0.05) is 18.6 Å². The summed E-state index contributed by atoms with van der Waals surface area (Å²) in [6, 6.07) is 6.00. The van der Waals surface area contributed by atoms with Gasteiger partial charge in [0.05, 0.1) is 5.75 Å². The Bertz CT molecular complexity index is 539. The van der Waals surface area contributed by atoms with E-state index >= 15 is 0 Å². The Kier molecular flexibility index (Phi) is 5.72. The predicted molar refractivity (Wildman–Crippen MR) is 82.1 cm³/mol. The number of sulfonamides is 1. The number of benzene rings is 1. The maximum absolute atomic E-state index is 12.8. The van der Waals surface area contributed by atoms with Crippen molar-refractivity contribution < 1.29 is 12.8 Å². The first-order valence-corrected chi connectivity index (χ1v) is 9.08. The second-order valence-corrected chi connectivity index (χ2v) is 7.58. The zero-order valence-electron chi connectivity index (χ0n) is 12.3. The summed E-state index contributed by atoms with van der Waals surface area (Å²) < 4.78 is 39.8. The molecule has 6 heteroatoms. The fourth-order valence-electron chi connectivity index (χ4n) is 2.70. The summed E-state index contributed by atoms with van der Waals surface area (Å²) in [5, 5.41) is 3.24. The Hall–Kier alpha value is -0.980. The van der Waals surface area contributed by atoms with Crippen LogP contribution in [0.15, 0.2) is 24.3 Å². The monoisotopic (exact) mass is 314 g/mol. The lowest BCUT2D eigenvalue weighted by Crippen LogP contribution is -2.45. The van der Waals surface area contributed by atoms with Gasteiger partial charge in [-0.15, -0.1) is 0 Å². The highest BCUT2D eigenvalue weighted by atomic mass is 32.2. The second kappa shape index (κ2) is 7.33. The van der Waals surface area contributed by atoms with Gasteiger partial charge in [-0.05, 0) is 50.4 Å². The first-order chi connectivity index (χ1) is 9.94. The van der Waals surface area contributed by atoms with Crippen LogP contribution in [0.25, 0.3) is 0 Å². The van der Waals surface area contributed by atoms with Gasteiger partial charge in [0, 0.05) is 12.1 Å². The van der Waals surface area contributed by atoms with Crippen molar-refractivity contribution >= 4 is 10.0 Å². The summed E-state index contributed by atoms with van der Waals surface area (Å²) in [7, 11) is -3.30. The molecule has 2 N–H and O–H groups in total. The maximum atomic E-state index is 12.8. The summed E-state index contributed by atoms with van der Waals surface area (Å²) in [6.07, 6.45) is 3.66.